The van der Waals surface area contributed by atoms with Crippen molar-refractivity contribution in [3.63, 3.8) is 0 Å². The lowest BCUT2D eigenvalue weighted by atomic mass is 10.0. The molecular weight excluding hydrogens is 236 g/mol. The van der Waals surface area contributed by atoms with E-state index in [1.807, 2.05) is 18.2 Å². The molecule has 0 aliphatic rings. The molecule has 1 rings (SSSR count). The second-order valence-electron chi connectivity index (χ2n) is 4.05. The normalized spacial score (nSPS) is 13.5. The van der Waals surface area contributed by atoms with Crippen LogP contribution in [0.1, 0.15) is 31.4 Å². The quantitative estimate of drug-likeness (QED) is 0.724. The standard InChI is InChI=1S/C12H20N2O2S/c1-2-12(11-7-4-3-5-8-11)14-9-6-10-17(13,15)16/h3-5,7-8,12,14H,2,6,9-10H2,1H3,(H2,13,15,16). The lowest BCUT2D eigenvalue weighted by Gasteiger charge is -2.17. The first-order valence-electron chi connectivity index (χ1n) is 5.81. The summed E-state index contributed by atoms with van der Waals surface area (Å²) < 4.78 is 21.5. The van der Waals surface area contributed by atoms with Gasteiger partial charge in [-0.3, -0.25) is 0 Å². The van der Waals surface area contributed by atoms with E-state index in [9.17, 15) is 8.42 Å². The largest absolute Gasteiger partial charge is 0.310 e. The van der Waals surface area contributed by atoms with E-state index < -0.39 is 10.0 Å². The van der Waals surface area contributed by atoms with Crippen molar-refractivity contribution >= 4 is 10.0 Å². The molecule has 4 nitrogen and oxygen atoms in total. The van der Waals surface area contributed by atoms with Gasteiger partial charge in [0.15, 0.2) is 0 Å². The minimum absolute atomic E-state index is 0.0330. The molecule has 1 atom stereocenters. The predicted octanol–water partition coefficient (Wildman–Crippen LogP) is 1.41. The maximum atomic E-state index is 10.8. The van der Waals surface area contributed by atoms with Crippen molar-refractivity contribution < 1.29 is 8.42 Å². The summed E-state index contributed by atoms with van der Waals surface area (Å²) in [7, 11) is -3.33. The van der Waals surface area contributed by atoms with E-state index in [0.29, 0.717) is 13.0 Å². The fourth-order valence-corrected chi connectivity index (χ4v) is 2.28. The Kier molecular flexibility index (Phi) is 5.61. The molecular formula is C12H20N2O2S. The van der Waals surface area contributed by atoms with E-state index in [4.69, 9.17) is 5.14 Å². The molecule has 96 valence electrons. The summed E-state index contributed by atoms with van der Waals surface area (Å²) in [4.78, 5) is 0. The molecule has 0 radical (unpaired) electrons. The number of rotatable bonds is 7. The van der Waals surface area contributed by atoms with E-state index in [-0.39, 0.29) is 11.8 Å². The van der Waals surface area contributed by atoms with Gasteiger partial charge in [-0.05, 0) is 24.9 Å². The summed E-state index contributed by atoms with van der Waals surface area (Å²) in [6.45, 7) is 2.76. The van der Waals surface area contributed by atoms with Crippen LogP contribution in [0.25, 0.3) is 0 Å². The monoisotopic (exact) mass is 256 g/mol. The topological polar surface area (TPSA) is 72.2 Å². The first-order chi connectivity index (χ1) is 8.03. The zero-order valence-corrected chi connectivity index (χ0v) is 10.9. The van der Waals surface area contributed by atoms with Crippen molar-refractivity contribution in [3.8, 4) is 0 Å². The maximum absolute atomic E-state index is 10.8. The fraction of sp³-hybridized carbons (Fsp3) is 0.500. The Morgan fingerprint density at radius 3 is 2.47 bits per heavy atom. The Morgan fingerprint density at radius 2 is 1.94 bits per heavy atom. The Hall–Kier alpha value is -0.910. The van der Waals surface area contributed by atoms with Crippen LogP contribution in [-0.2, 0) is 10.0 Å². The minimum Gasteiger partial charge on any atom is -0.310 e. The minimum atomic E-state index is -3.33. The molecule has 0 saturated carbocycles. The molecule has 0 amide bonds. The summed E-state index contributed by atoms with van der Waals surface area (Å²) in [5.41, 5.74) is 1.23. The number of primary sulfonamides is 1. The number of hydrogen-bond donors (Lipinski definition) is 2. The van der Waals surface area contributed by atoms with Crippen LogP contribution in [-0.4, -0.2) is 20.7 Å². The second kappa shape index (κ2) is 6.74. The van der Waals surface area contributed by atoms with Gasteiger partial charge in [0.2, 0.25) is 10.0 Å². The highest BCUT2D eigenvalue weighted by Crippen LogP contribution is 2.15. The van der Waals surface area contributed by atoms with Crippen molar-refractivity contribution in [1.29, 1.82) is 0 Å². The van der Waals surface area contributed by atoms with E-state index in [1.165, 1.54) is 5.56 Å². The summed E-state index contributed by atoms with van der Waals surface area (Å²) in [5, 5.41) is 8.28. The van der Waals surface area contributed by atoms with Gasteiger partial charge in [0, 0.05) is 6.04 Å². The number of sulfonamides is 1. The summed E-state index contributed by atoms with van der Waals surface area (Å²) in [6, 6.07) is 10.4. The number of nitrogens with one attached hydrogen (secondary N) is 1. The molecule has 0 heterocycles. The first kappa shape index (κ1) is 14.2. The Labute approximate surface area is 103 Å². The molecule has 3 N–H and O–H groups in total. The molecule has 0 aromatic heterocycles. The molecule has 0 bridgehead atoms. The first-order valence-corrected chi connectivity index (χ1v) is 7.53. The third-order valence-corrected chi connectivity index (χ3v) is 3.46. The van der Waals surface area contributed by atoms with E-state index >= 15 is 0 Å². The van der Waals surface area contributed by atoms with Gasteiger partial charge in [-0.2, -0.15) is 0 Å². The van der Waals surface area contributed by atoms with Gasteiger partial charge in [0.05, 0.1) is 5.75 Å². The average molecular weight is 256 g/mol. The van der Waals surface area contributed by atoms with Crippen molar-refractivity contribution in [2.45, 2.75) is 25.8 Å². The predicted molar refractivity (Wildman–Crippen MR) is 70.1 cm³/mol. The third kappa shape index (κ3) is 5.81. The van der Waals surface area contributed by atoms with Crippen LogP contribution in [0.5, 0.6) is 0 Å². The van der Waals surface area contributed by atoms with Gasteiger partial charge >= 0.3 is 0 Å². The zero-order chi connectivity index (χ0) is 12.7. The Bertz CT molecular complexity index is 417. The molecule has 0 spiro atoms. The lowest BCUT2D eigenvalue weighted by Crippen LogP contribution is -2.25. The Balaban J connectivity index is 2.39. The fourth-order valence-electron chi connectivity index (χ4n) is 1.73. The molecule has 0 fully saturated rings. The number of nitrogens with two attached hydrogens (primary N) is 1. The van der Waals surface area contributed by atoms with Crippen LogP contribution in [0.2, 0.25) is 0 Å². The van der Waals surface area contributed by atoms with Crippen LogP contribution >= 0.6 is 0 Å². The highest BCUT2D eigenvalue weighted by Gasteiger charge is 2.08. The third-order valence-electron chi connectivity index (χ3n) is 2.61. The van der Waals surface area contributed by atoms with Gasteiger partial charge < -0.3 is 5.32 Å². The molecule has 0 aliphatic heterocycles. The van der Waals surface area contributed by atoms with Crippen LogP contribution in [0.15, 0.2) is 30.3 Å². The van der Waals surface area contributed by atoms with E-state index in [2.05, 4.69) is 24.4 Å². The SMILES string of the molecule is CCC(NCCCS(N)(=O)=O)c1ccccc1. The van der Waals surface area contributed by atoms with Crippen molar-refractivity contribution in [2.24, 2.45) is 5.14 Å². The zero-order valence-electron chi connectivity index (χ0n) is 10.1. The van der Waals surface area contributed by atoms with Crippen LogP contribution in [0.4, 0.5) is 0 Å². The van der Waals surface area contributed by atoms with Crippen molar-refractivity contribution in [1.82, 2.24) is 5.32 Å². The molecule has 5 heteroatoms. The van der Waals surface area contributed by atoms with Crippen LogP contribution in [0, 0.1) is 0 Å². The van der Waals surface area contributed by atoms with Crippen LogP contribution in [0.3, 0.4) is 0 Å². The molecule has 0 saturated heterocycles. The van der Waals surface area contributed by atoms with E-state index in [0.717, 1.165) is 6.42 Å². The highest BCUT2D eigenvalue weighted by molar-refractivity contribution is 7.89. The highest BCUT2D eigenvalue weighted by atomic mass is 32.2. The summed E-state index contributed by atoms with van der Waals surface area (Å²) in [6.07, 6.45) is 1.52. The van der Waals surface area contributed by atoms with Gasteiger partial charge in [-0.25, -0.2) is 13.6 Å². The van der Waals surface area contributed by atoms with Crippen molar-refractivity contribution in [2.75, 3.05) is 12.3 Å². The lowest BCUT2D eigenvalue weighted by molar-refractivity contribution is 0.516. The smallest absolute Gasteiger partial charge is 0.209 e. The number of hydrogen-bond acceptors (Lipinski definition) is 3. The number of benzene rings is 1. The summed E-state index contributed by atoms with van der Waals surface area (Å²) in [5.74, 6) is 0.0330. The maximum Gasteiger partial charge on any atom is 0.209 e. The molecule has 1 aromatic carbocycles. The van der Waals surface area contributed by atoms with Gasteiger partial charge in [-0.15, -0.1) is 0 Å². The summed E-state index contributed by atoms with van der Waals surface area (Å²) >= 11 is 0. The van der Waals surface area contributed by atoms with E-state index in [1.54, 1.807) is 0 Å². The molecule has 0 aliphatic carbocycles. The van der Waals surface area contributed by atoms with Crippen LogP contribution < -0.4 is 10.5 Å². The van der Waals surface area contributed by atoms with Gasteiger partial charge in [0.1, 0.15) is 0 Å². The average Bonchev–Trinajstić information content (AvgIpc) is 2.29. The molecule has 1 aromatic rings. The van der Waals surface area contributed by atoms with Gasteiger partial charge in [0.25, 0.3) is 0 Å². The second-order valence-corrected chi connectivity index (χ2v) is 5.78. The van der Waals surface area contributed by atoms with Crippen molar-refractivity contribution in [3.05, 3.63) is 35.9 Å². The van der Waals surface area contributed by atoms with Gasteiger partial charge in [-0.1, -0.05) is 37.3 Å². The molecule has 1 unspecified atom stereocenters. The molecule has 17 heavy (non-hydrogen) atoms. The Morgan fingerprint density at radius 1 is 1.29 bits per heavy atom.